The number of benzene rings is 1. The quantitative estimate of drug-likeness (QED) is 0.796. The average molecular weight is 279 g/mol. The highest BCUT2D eigenvalue weighted by Crippen LogP contribution is 2.22. The molecule has 0 aliphatic carbocycles. The summed E-state index contributed by atoms with van der Waals surface area (Å²) in [6.07, 6.45) is 2.93. The van der Waals surface area contributed by atoms with Crippen LogP contribution in [0.25, 0.3) is 5.65 Å². The summed E-state index contributed by atoms with van der Waals surface area (Å²) in [5, 5.41) is 0. The van der Waals surface area contributed by atoms with Gasteiger partial charge in [0.2, 0.25) is 0 Å². The first-order chi connectivity index (χ1) is 10.0. The number of aryl methyl sites for hydroxylation is 2. The van der Waals surface area contributed by atoms with E-state index in [-0.39, 0.29) is 6.04 Å². The lowest BCUT2D eigenvalue weighted by Gasteiger charge is -2.09. The zero-order valence-electron chi connectivity index (χ0n) is 12.8. The van der Waals surface area contributed by atoms with Crippen molar-refractivity contribution in [3.8, 4) is 0 Å². The van der Waals surface area contributed by atoms with Crippen molar-refractivity contribution in [1.82, 2.24) is 9.38 Å². The zero-order valence-corrected chi connectivity index (χ0v) is 12.8. The van der Waals surface area contributed by atoms with E-state index in [2.05, 4.69) is 60.8 Å². The van der Waals surface area contributed by atoms with Gasteiger partial charge in [0.1, 0.15) is 5.65 Å². The summed E-state index contributed by atoms with van der Waals surface area (Å²) in [4.78, 5) is 4.78. The Morgan fingerprint density at radius 1 is 1.05 bits per heavy atom. The van der Waals surface area contributed by atoms with Gasteiger partial charge in [0.25, 0.3) is 0 Å². The molecule has 0 aliphatic heterocycles. The number of fused-ring (bicyclic) bond motifs is 1. The minimum absolute atomic E-state index is 0.0396. The first-order valence-electron chi connectivity index (χ1n) is 7.33. The lowest BCUT2D eigenvalue weighted by molar-refractivity contribution is 0.754. The molecule has 3 rings (SSSR count). The Kier molecular flexibility index (Phi) is 3.52. The van der Waals surface area contributed by atoms with Crippen LogP contribution in [0.3, 0.4) is 0 Å². The summed E-state index contributed by atoms with van der Waals surface area (Å²) < 4.78 is 2.13. The van der Waals surface area contributed by atoms with Gasteiger partial charge in [-0.3, -0.25) is 0 Å². The van der Waals surface area contributed by atoms with Crippen molar-refractivity contribution in [2.75, 3.05) is 0 Å². The van der Waals surface area contributed by atoms with Crippen LogP contribution in [0.1, 0.15) is 41.0 Å². The number of nitrogens with two attached hydrogens (primary N) is 1. The summed E-state index contributed by atoms with van der Waals surface area (Å²) in [6, 6.07) is 12.7. The van der Waals surface area contributed by atoms with E-state index in [4.69, 9.17) is 10.7 Å². The fourth-order valence-corrected chi connectivity index (χ4v) is 2.73. The van der Waals surface area contributed by atoms with Gasteiger partial charge in [-0.1, -0.05) is 35.9 Å². The van der Waals surface area contributed by atoms with Crippen LogP contribution >= 0.6 is 0 Å². The molecule has 108 valence electrons. The molecule has 0 fully saturated rings. The smallest absolute Gasteiger partial charge is 0.137 e. The molecule has 2 N–H and O–H groups in total. The molecule has 0 saturated carbocycles. The highest BCUT2D eigenvalue weighted by atomic mass is 15.0. The summed E-state index contributed by atoms with van der Waals surface area (Å²) in [7, 11) is 0. The molecule has 0 aliphatic rings. The van der Waals surface area contributed by atoms with Crippen LogP contribution in [-0.2, 0) is 6.42 Å². The third-order valence-corrected chi connectivity index (χ3v) is 3.80. The molecular formula is C18H21N3. The fraction of sp³-hybridized carbons (Fsp3) is 0.278. The second-order valence-electron chi connectivity index (χ2n) is 5.83. The van der Waals surface area contributed by atoms with Gasteiger partial charge in [-0.15, -0.1) is 0 Å². The van der Waals surface area contributed by atoms with E-state index in [0.717, 1.165) is 23.5 Å². The van der Waals surface area contributed by atoms with E-state index in [1.54, 1.807) is 0 Å². The maximum absolute atomic E-state index is 6.19. The maximum atomic E-state index is 6.19. The molecule has 21 heavy (non-hydrogen) atoms. The molecule has 0 spiro atoms. The standard InChI is InChI=1S/C18H21N3/c1-12-4-7-15(8-5-12)10-16-18(14(3)19)21-11-13(2)6-9-17(21)20-16/h4-9,11,14H,10,19H2,1-3H3. The molecule has 0 radical (unpaired) electrons. The van der Waals surface area contributed by atoms with E-state index >= 15 is 0 Å². The lowest BCUT2D eigenvalue weighted by Crippen LogP contribution is -2.11. The number of imidazole rings is 1. The number of hydrogen-bond acceptors (Lipinski definition) is 2. The van der Waals surface area contributed by atoms with Gasteiger partial charge in [0, 0.05) is 18.7 Å². The topological polar surface area (TPSA) is 43.3 Å². The minimum Gasteiger partial charge on any atom is -0.323 e. The van der Waals surface area contributed by atoms with Crippen LogP contribution in [0, 0.1) is 13.8 Å². The monoisotopic (exact) mass is 279 g/mol. The molecule has 1 aromatic carbocycles. The molecule has 1 unspecified atom stereocenters. The number of hydrogen-bond donors (Lipinski definition) is 1. The molecule has 3 nitrogen and oxygen atoms in total. The van der Waals surface area contributed by atoms with Gasteiger partial charge in [-0.25, -0.2) is 4.98 Å². The highest BCUT2D eigenvalue weighted by molar-refractivity contribution is 5.46. The summed E-state index contributed by atoms with van der Waals surface area (Å²) in [5.41, 5.74) is 13.1. The van der Waals surface area contributed by atoms with Crippen molar-refractivity contribution in [3.05, 3.63) is 70.7 Å². The normalized spacial score (nSPS) is 12.8. The Balaban J connectivity index is 2.08. The molecule has 2 aromatic heterocycles. The SMILES string of the molecule is Cc1ccc(Cc2nc3ccc(C)cn3c2C(C)N)cc1. The van der Waals surface area contributed by atoms with Gasteiger partial charge >= 0.3 is 0 Å². The molecule has 0 saturated heterocycles. The van der Waals surface area contributed by atoms with Gasteiger partial charge in [0.15, 0.2) is 0 Å². The van der Waals surface area contributed by atoms with Crippen LogP contribution in [0.2, 0.25) is 0 Å². The first-order valence-corrected chi connectivity index (χ1v) is 7.33. The van der Waals surface area contributed by atoms with Crippen LogP contribution in [0.4, 0.5) is 0 Å². The molecule has 1 atom stereocenters. The first kappa shape index (κ1) is 13.8. The van der Waals surface area contributed by atoms with Crippen LogP contribution in [0.5, 0.6) is 0 Å². The Labute approximate surface area is 125 Å². The Morgan fingerprint density at radius 2 is 1.71 bits per heavy atom. The zero-order chi connectivity index (χ0) is 15.0. The van der Waals surface area contributed by atoms with Crippen LogP contribution in [-0.4, -0.2) is 9.38 Å². The Bertz CT molecular complexity index is 767. The van der Waals surface area contributed by atoms with Crippen LogP contribution < -0.4 is 5.73 Å². The largest absolute Gasteiger partial charge is 0.323 e. The van der Waals surface area contributed by atoms with Gasteiger partial charge in [-0.2, -0.15) is 0 Å². The van der Waals surface area contributed by atoms with E-state index < -0.39 is 0 Å². The van der Waals surface area contributed by atoms with Gasteiger partial charge in [0.05, 0.1) is 11.4 Å². The van der Waals surface area contributed by atoms with Crippen molar-refractivity contribution in [3.63, 3.8) is 0 Å². The van der Waals surface area contributed by atoms with Gasteiger partial charge < -0.3 is 10.1 Å². The van der Waals surface area contributed by atoms with Crippen molar-refractivity contribution in [1.29, 1.82) is 0 Å². The second kappa shape index (κ2) is 5.34. The lowest BCUT2D eigenvalue weighted by atomic mass is 10.0. The average Bonchev–Trinajstić information content (AvgIpc) is 2.78. The number of nitrogens with zero attached hydrogens (tertiary/aromatic N) is 2. The molecule has 3 heteroatoms. The third-order valence-electron chi connectivity index (χ3n) is 3.80. The van der Waals surface area contributed by atoms with Crippen molar-refractivity contribution in [2.45, 2.75) is 33.2 Å². The fourth-order valence-electron chi connectivity index (χ4n) is 2.73. The molecule has 3 aromatic rings. The predicted molar refractivity (Wildman–Crippen MR) is 86.5 cm³/mol. The summed E-state index contributed by atoms with van der Waals surface area (Å²) in [5.74, 6) is 0. The maximum Gasteiger partial charge on any atom is 0.137 e. The van der Waals surface area contributed by atoms with E-state index in [1.807, 2.05) is 6.92 Å². The van der Waals surface area contributed by atoms with Crippen molar-refractivity contribution < 1.29 is 0 Å². The van der Waals surface area contributed by atoms with Crippen LogP contribution in [0.15, 0.2) is 42.6 Å². The molecule has 0 amide bonds. The van der Waals surface area contributed by atoms with Crippen molar-refractivity contribution >= 4 is 5.65 Å². The Morgan fingerprint density at radius 3 is 2.38 bits per heavy atom. The molecule has 2 heterocycles. The predicted octanol–water partition coefficient (Wildman–Crippen LogP) is 3.56. The molecule has 0 bridgehead atoms. The Hall–Kier alpha value is -2.13. The molecular weight excluding hydrogens is 258 g/mol. The van der Waals surface area contributed by atoms with Gasteiger partial charge in [-0.05, 0) is 38.0 Å². The number of rotatable bonds is 3. The van der Waals surface area contributed by atoms with E-state index in [0.29, 0.717) is 0 Å². The highest BCUT2D eigenvalue weighted by Gasteiger charge is 2.15. The van der Waals surface area contributed by atoms with E-state index in [1.165, 1.54) is 16.7 Å². The van der Waals surface area contributed by atoms with Crippen molar-refractivity contribution in [2.24, 2.45) is 5.73 Å². The third kappa shape index (κ3) is 2.69. The minimum atomic E-state index is -0.0396. The summed E-state index contributed by atoms with van der Waals surface area (Å²) in [6.45, 7) is 6.21. The second-order valence-corrected chi connectivity index (χ2v) is 5.83. The van der Waals surface area contributed by atoms with E-state index in [9.17, 15) is 0 Å². The number of aromatic nitrogens is 2. The number of pyridine rings is 1. The summed E-state index contributed by atoms with van der Waals surface area (Å²) >= 11 is 0.